The molecule has 0 amide bonds. The van der Waals surface area contributed by atoms with Crippen LogP contribution in [0.2, 0.25) is 0 Å². The van der Waals surface area contributed by atoms with Gasteiger partial charge in [-0.3, -0.25) is 4.90 Å². The summed E-state index contributed by atoms with van der Waals surface area (Å²) < 4.78 is 0. The standard InChI is InChI=1S/C10H19NO/c1-9(2,3)11-6-10(7-11)5-4-8(10)12/h8,12H,4-7H2,1-3H3. The molecule has 0 radical (unpaired) electrons. The van der Waals surface area contributed by atoms with E-state index in [1.54, 1.807) is 0 Å². The summed E-state index contributed by atoms with van der Waals surface area (Å²) in [7, 11) is 0. The molecule has 12 heavy (non-hydrogen) atoms. The Morgan fingerprint density at radius 1 is 1.33 bits per heavy atom. The zero-order valence-electron chi connectivity index (χ0n) is 8.30. The summed E-state index contributed by atoms with van der Waals surface area (Å²) >= 11 is 0. The lowest BCUT2D eigenvalue weighted by molar-refractivity contribution is -0.180. The van der Waals surface area contributed by atoms with Gasteiger partial charge in [-0.1, -0.05) is 0 Å². The van der Waals surface area contributed by atoms with Crippen LogP contribution in [0, 0.1) is 5.41 Å². The summed E-state index contributed by atoms with van der Waals surface area (Å²) in [5.74, 6) is 0. The Morgan fingerprint density at radius 3 is 2.17 bits per heavy atom. The number of aliphatic hydroxyl groups is 1. The smallest absolute Gasteiger partial charge is 0.0621 e. The molecule has 1 saturated carbocycles. The lowest BCUT2D eigenvalue weighted by atomic mass is 9.60. The molecule has 2 nitrogen and oxygen atoms in total. The number of aliphatic hydroxyl groups excluding tert-OH is 1. The van der Waals surface area contributed by atoms with Crippen LogP contribution in [0.5, 0.6) is 0 Å². The predicted molar refractivity (Wildman–Crippen MR) is 49.0 cm³/mol. The number of nitrogens with zero attached hydrogens (tertiary/aromatic N) is 1. The van der Waals surface area contributed by atoms with Gasteiger partial charge >= 0.3 is 0 Å². The first-order valence-electron chi connectivity index (χ1n) is 4.87. The van der Waals surface area contributed by atoms with Crippen LogP contribution in [-0.2, 0) is 0 Å². The lowest BCUT2D eigenvalue weighted by Crippen LogP contribution is -2.70. The van der Waals surface area contributed by atoms with Crippen molar-refractivity contribution in [1.82, 2.24) is 4.90 Å². The second-order valence-electron chi connectivity index (χ2n) is 5.44. The van der Waals surface area contributed by atoms with E-state index in [2.05, 4.69) is 25.7 Å². The Bertz CT molecular complexity index is 189. The van der Waals surface area contributed by atoms with Gasteiger partial charge in [0.05, 0.1) is 6.10 Å². The van der Waals surface area contributed by atoms with E-state index >= 15 is 0 Å². The summed E-state index contributed by atoms with van der Waals surface area (Å²) in [5, 5.41) is 9.58. The molecule has 1 heterocycles. The fraction of sp³-hybridized carbons (Fsp3) is 1.00. The topological polar surface area (TPSA) is 23.5 Å². The summed E-state index contributed by atoms with van der Waals surface area (Å²) in [6.45, 7) is 8.94. The van der Waals surface area contributed by atoms with Crippen LogP contribution in [0.25, 0.3) is 0 Å². The lowest BCUT2D eigenvalue weighted by Gasteiger charge is -2.62. The minimum Gasteiger partial charge on any atom is -0.392 e. The van der Waals surface area contributed by atoms with Crippen LogP contribution in [-0.4, -0.2) is 34.7 Å². The molecular weight excluding hydrogens is 150 g/mol. The molecule has 1 spiro atoms. The molecule has 1 unspecified atom stereocenters. The van der Waals surface area contributed by atoms with E-state index in [1.165, 1.54) is 6.42 Å². The van der Waals surface area contributed by atoms with Crippen molar-refractivity contribution in [2.45, 2.75) is 45.3 Å². The van der Waals surface area contributed by atoms with Crippen molar-refractivity contribution >= 4 is 0 Å². The first-order chi connectivity index (χ1) is 5.44. The van der Waals surface area contributed by atoms with Gasteiger partial charge in [-0.05, 0) is 33.6 Å². The van der Waals surface area contributed by atoms with E-state index in [0.29, 0.717) is 11.0 Å². The first kappa shape index (κ1) is 8.52. The number of hydrogen-bond donors (Lipinski definition) is 1. The third-order valence-electron chi connectivity index (χ3n) is 3.58. The number of hydrogen-bond acceptors (Lipinski definition) is 2. The molecule has 1 aliphatic heterocycles. The van der Waals surface area contributed by atoms with Gasteiger partial charge in [0, 0.05) is 24.0 Å². The van der Waals surface area contributed by atoms with Gasteiger partial charge in [0.2, 0.25) is 0 Å². The molecule has 70 valence electrons. The van der Waals surface area contributed by atoms with Crippen molar-refractivity contribution in [3.05, 3.63) is 0 Å². The van der Waals surface area contributed by atoms with Crippen LogP contribution in [0.3, 0.4) is 0 Å². The van der Waals surface area contributed by atoms with Gasteiger partial charge in [-0.25, -0.2) is 0 Å². The Morgan fingerprint density at radius 2 is 1.92 bits per heavy atom. The van der Waals surface area contributed by atoms with Crippen molar-refractivity contribution < 1.29 is 5.11 Å². The molecule has 0 aromatic heterocycles. The second-order valence-corrected chi connectivity index (χ2v) is 5.44. The number of rotatable bonds is 0. The maximum Gasteiger partial charge on any atom is 0.0621 e. The number of likely N-dealkylation sites (tertiary alicyclic amines) is 1. The molecule has 0 aromatic carbocycles. The third kappa shape index (κ3) is 1.01. The van der Waals surface area contributed by atoms with Crippen molar-refractivity contribution in [3.8, 4) is 0 Å². The Balaban J connectivity index is 1.91. The fourth-order valence-electron chi connectivity index (χ4n) is 2.24. The molecule has 2 aliphatic rings. The minimum absolute atomic E-state index is 0.00361. The molecule has 1 aliphatic carbocycles. The average Bonchev–Trinajstić information content (AvgIpc) is 1.78. The van der Waals surface area contributed by atoms with Crippen molar-refractivity contribution in [2.24, 2.45) is 5.41 Å². The van der Waals surface area contributed by atoms with Gasteiger partial charge < -0.3 is 5.11 Å². The molecule has 0 bridgehead atoms. The molecule has 2 heteroatoms. The van der Waals surface area contributed by atoms with Gasteiger partial charge in [-0.2, -0.15) is 0 Å². The molecule has 2 rings (SSSR count). The van der Waals surface area contributed by atoms with Crippen molar-refractivity contribution in [3.63, 3.8) is 0 Å². The molecule has 1 saturated heterocycles. The zero-order chi connectivity index (χ0) is 8.98. The zero-order valence-corrected chi connectivity index (χ0v) is 8.30. The largest absolute Gasteiger partial charge is 0.392 e. The molecule has 1 N–H and O–H groups in total. The van der Waals surface area contributed by atoms with Gasteiger partial charge in [0.25, 0.3) is 0 Å². The molecule has 0 aromatic rings. The van der Waals surface area contributed by atoms with Crippen LogP contribution in [0.15, 0.2) is 0 Å². The molecule has 1 atom stereocenters. The monoisotopic (exact) mass is 169 g/mol. The summed E-state index contributed by atoms with van der Waals surface area (Å²) in [6, 6.07) is 0. The van der Waals surface area contributed by atoms with E-state index in [9.17, 15) is 5.11 Å². The highest BCUT2D eigenvalue weighted by atomic mass is 16.3. The van der Waals surface area contributed by atoms with E-state index in [0.717, 1.165) is 19.5 Å². The van der Waals surface area contributed by atoms with Crippen LogP contribution < -0.4 is 0 Å². The van der Waals surface area contributed by atoms with Gasteiger partial charge in [0.1, 0.15) is 0 Å². The summed E-state index contributed by atoms with van der Waals surface area (Å²) in [4.78, 5) is 2.45. The summed E-state index contributed by atoms with van der Waals surface area (Å²) in [5.41, 5.74) is 0.605. The Labute approximate surface area is 74.6 Å². The normalized spacial score (nSPS) is 34.5. The predicted octanol–water partition coefficient (Wildman–Crippen LogP) is 1.24. The highest BCUT2D eigenvalue weighted by Gasteiger charge is 2.55. The van der Waals surface area contributed by atoms with Crippen LogP contribution in [0.4, 0.5) is 0 Å². The van der Waals surface area contributed by atoms with E-state index in [1.807, 2.05) is 0 Å². The summed E-state index contributed by atoms with van der Waals surface area (Å²) in [6.07, 6.45) is 2.26. The van der Waals surface area contributed by atoms with E-state index < -0.39 is 0 Å². The highest BCUT2D eigenvalue weighted by molar-refractivity contribution is 5.08. The van der Waals surface area contributed by atoms with Gasteiger partial charge in [-0.15, -0.1) is 0 Å². The third-order valence-corrected chi connectivity index (χ3v) is 3.58. The van der Waals surface area contributed by atoms with Crippen LogP contribution >= 0.6 is 0 Å². The maximum absolute atomic E-state index is 9.58. The Hall–Kier alpha value is -0.0800. The Kier molecular flexibility index (Phi) is 1.59. The first-order valence-corrected chi connectivity index (χ1v) is 4.87. The molecular formula is C10H19NO. The van der Waals surface area contributed by atoms with Crippen molar-refractivity contribution in [2.75, 3.05) is 13.1 Å². The van der Waals surface area contributed by atoms with E-state index in [4.69, 9.17) is 0 Å². The minimum atomic E-state index is -0.00361. The SMILES string of the molecule is CC(C)(C)N1CC2(CCC2O)C1. The maximum atomic E-state index is 9.58. The highest BCUT2D eigenvalue weighted by Crippen LogP contribution is 2.50. The van der Waals surface area contributed by atoms with Gasteiger partial charge in [0.15, 0.2) is 0 Å². The second kappa shape index (κ2) is 2.24. The average molecular weight is 169 g/mol. The molecule has 2 fully saturated rings. The van der Waals surface area contributed by atoms with Crippen molar-refractivity contribution in [1.29, 1.82) is 0 Å². The fourth-order valence-corrected chi connectivity index (χ4v) is 2.24. The van der Waals surface area contributed by atoms with Crippen LogP contribution in [0.1, 0.15) is 33.6 Å². The van der Waals surface area contributed by atoms with E-state index in [-0.39, 0.29) is 6.10 Å². The quantitative estimate of drug-likeness (QED) is 0.590.